The zero-order valence-electron chi connectivity index (χ0n) is 17.3. The van der Waals surface area contributed by atoms with E-state index in [-0.39, 0.29) is 22.3 Å². The van der Waals surface area contributed by atoms with Gasteiger partial charge < -0.3 is 5.32 Å². The van der Waals surface area contributed by atoms with Crippen molar-refractivity contribution < 1.29 is 13.2 Å². The molecule has 0 aliphatic heterocycles. The van der Waals surface area contributed by atoms with E-state index in [1.54, 1.807) is 13.0 Å². The molecule has 6 heteroatoms. The Kier molecular flexibility index (Phi) is 4.86. The van der Waals surface area contributed by atoms with Gasteiger partial charge in [-0.25, -0.2) is 13.1 Å². The average molecular weight is 405 g/mol. The lowest BCUT2D eigenvalue weighted by atomic mass is 9.48. The lowest BCUT2D eigenvalue weighted by molar-refractivity contribution is -0.0688. The van der Waals surface area contributed by atoms with E-state index in [1.807, 2.05) is 6.92 Å². The second-order valence-corrected chi connectivity index (χ2v) is 11.5. The van der Waals surface area contributed by atoms with Crippen molar-refractivity contribution in [1.29, 1.82) is 0 Å². The van der Waals surface area contributed by atoms with Crippen LogP contribution >= 0.6 is 0 Å². The highest BCUT2D eigenvalue weighted by atomic mass is 32.2. The minimum absolute atomic E-state index is 0.111. The predicted molar refractivity (Wildman–Crippen MR) is 110 cm³/mol. The molecular formula is C22H32N2O3S. The number of aryl methyl sites for hydroxylation is 1. The lowest BCUT2D eigenvalue weighted by Crippen LogP contribution is -2.55. The third-order valence-corrected chi connectivity index (χ3v) is 9.33. The van der Waals surface area contributed by atoms with Gasteiger partial charge in [-0.2, -0.15) is 0 Å². The molecule has 0 spiro atoms. The number of carbonyl (C=O) groups excluding carboxylic acids is 1. The molecule has 154 valence electrons. The molecule has 4 aliphatic rings. The van der Waals surface area contributed by atoms with Crippen LogP contribution in [0.25, 0.3) is 0 Å². The molecule has 0 aromatic heterocycles. The highest BCUT2D eigenvalue weighted by molar-refractivity contribution is 7.89. The van der Waals surface area contributed by atoms with E-state index in [1.165, 1.54) is 51.6 Å². The summed E-state index contributed by atoms with van der Waals surface area (Å²) in [7, 11) is -2.21. The van der Waals surface area contributed by atoms with Crippen LogP contribution < -0.4 is 10.0 Å². The standard InChI is InChI=1S/C22H32N2O3S/c1-13-5-19(9-20(14(13)2)28(26,27)23-4)21(25)24-15(3)22-10-16-6-17(11-22)8-18(7-16)12-22/h5,9,15-18,23H,6-8,10-12H2,1-4H3,(H,24,25)/t15-,16?,17?,18?,22?/m1/s1. The Bertz CT molecular complexity index is 871. The molecule has 0 saturated heterocycles. The Labute approximate surface area is 168 Å². The molecule has 0 unspecified atom stereocenters. The lowest BCUT2D eigenvalue weighted by Gasteiger charge is -2.59. The summed E-state index contributed by atoms with van der Waals surface area (Å²) in [6, 6.07) is 3.42. The number of amides is 1. The topological polar surface area (TPSA) is 75.3 Å². The maximum atomic E-state index is 13.1. The molecule has 4 fully saturated rings. The summed E-state index contributed by atoms with van der Waals surface area (Å²) < 4.78 is 27.1. The number of nitrogens with one attached hydrogen (secondary N) is 2. The maximum absolute atomic E-state index is 13.1. The zero-order chi connectivity index (χ0) is 20.3. The Morgan fingerprint density at radius 1 is 1.07 bits per heavy atom. The SMILES string of the molecule is CNS(=O)(=O)c1cc(C(=O)N[C@H](C)C23CC4CC(CC(C4)C2)C3)cc(C)c1C. The van der Waals surface area contributed by atoms with E-state index in [0.717, 1.165) is 23.3 Å². The minimum atomic E-state index is -3.60. The molecule has 4 saturated carbocycles. The van der Waals surface area contributed by atoms with Crippen LogP contribution in [-0.2, 0) is 10.0 Å². The van der Waals surface area contributed by atoms with Crippen molar-refractivity contribution in [1.82, 2.24) is 10.0 Å². The second-order valence-electron chi connectivity index (χ2n) is 9.60. The quantitative estimate of drug-likeness (QED) is 0.788. The summed E-state index contributed by atoms with van der Waals surface area (Å²) in [6.45, 7) is 5.78. The van der Waals surface area contributed by atoms with Gasteiger partial charge in [-0.3, -0.25) is 4.79 Å². The highest BCUT2D eigenvalue weighted by Crippen LogP contribution is 2.61. The first-order chi connectivity index (χ1) is 13.1. The molecule has 4 bridgehead atoms. The first-order valence-corrected chi connectivity index (χ1v) is 12.0. The van der Waals surface area contributed by atoms with E-state index < -0.39 is 10.0 Å². The molecule has 5 rings (SSSR count). The summed E-state index contributed by atoms with van der Waals surface area (Å²) in [6.07, 6.45) is 7.82. The number of hydrogen-bond acceptors (Lipinski definition) is 3. The number of rotatable bonds is 5. The normalized spacial score (nSPS) is 32.4. The van der Waals surface area contributed by atoms with Crippen molar-refractivity contribution in [2.45, 2.75) is 70.2 Å². The molecule has 2 N–H and O–H groups in total. The van der Waals surface area contributed by atoms with E-state index in [2.05, 4.69) is 17.0 Å². The van der Waals surface area contributed by atoms with E-state index in [0.29, 0.717) is 11.1 Å². The van der Waals surface area contributed by atoms with Gasteiger partial charge in [0.2, 0.25) is 10.0 Å². The Morgan fingerprint density at radius 2 is 1.61 bits per heavy atom. The van der Waals surface area contributed by atoms with E-state index >= 15 is 0 Å². The minimum Gasteiger partial charge on any atom is -0.349 e. The molecule has 0 heterocycles. The smallest absolute Gasteiger partial charge is 0.251 e. The summed E-state index contributed by atoms with van der Waals surface area (Å²) in [4.78, 5) is 13.2. The van der Waals surface area contributed by atoms with Crippen LogP contribution in [0.15, 0.2) is 17.0 Å². The van der Waals surface area contributed by atoms with Gasteiger partial charge in [0.1, 0.15) is 0 Å². The average Bonchev–Trinajstić information content (AvgIpc) is 2.62. The Hall–Kier alpha value is -1.40. The number of hydrogen-bond donors (Lipinski definition) is 2. The van der Waals surface area contributed by atoms with Crippen LogP contribution in [0.5, 0.6) is 0 Å². The van der Waals surface area contributed by atoms with Gasteiger partial charge in [0, 0.05) is 11.6 Å². The van der Waals surface area contributed by atoms with Gasteiger partial charge in [0.15, 0.2) is 0 Å². The zero-order valence-corrected chi connectivity index (χ0v) is 18.2. The number of carbonyl (C=O) groups is 1. The summed E-state index contributed by atoms with van der Waals surface area (Å²) in [5.41, 5.74) is 2.14. The van der Waals surface area contributed by atoms with Crippen molar-refractivity contribution in [3.05, 3.63) is 28.8 Å². The van der Waals surface area contributed by atoms with E-state index in [9.17, 15) is 13.2 Å². The molecule has 1 aromatic carbocycles. The third kappa shape index (κ3) is 3.28. The summed E-state index contributed by atoms with van der Waals surface area (Å²) in [5.74, 6) is 2.33. The van der Waals surface area contributed by atoms with Gasteiger partial charge in [0.25, 0.3) is 5.91 Å². The van der Waals surface area contributed by atoms with Gasteiger partial charge >= 0.3 is 0 Å². The fourth-order valence-electron chi connectivity index (χ4n) is 6.49. The van der Waals surface area contributed by atoms with Crippen molar-refractivity contribution in [2.75, 3.05) is 7.05 Å². The first kappa shape index (κ1) is 19.9. The molecule has 5 nitrogen and oxygen atoms in total. The molecule has 0 radical (unpaired) electrons. The molecule has 1 amide bonds. The molecule has 1 aromatic rings. The second kappa shape index (κ2) is 6.84. The highest BCUT2D eigenvalue weighted by Gasteiger charge is 2.53. The van der Waals surface area contributed by atoms with Crippen LogP contribution in [0.4, 0.5) is 0 Å². The van der Waals surface area contributed by atoms with Gasteiger partial charge in [-0.05, 0) is 113 Å². The largest absolute Gasteiger partial charge is 0.349 e. The third-order valence-electron chi connectivity index (χ3n) is 7.79. The van der Waals surface area contributed by atoms with Gasteiger partial charge in [0.05, 0.1) is 4.90 Å². The molecular weight excluding hydrogens is 372 g/mol. The van der Waals surface area contributed by atoms with Crippen molar-refractivity contribution >= 4 is 15.9 Å². The Balaban J connectivity index is 1.57. The van der Waals surface area contributed by atoms with Crippen molar-refractivity contribution in [2.24, 2.45) is 23.2 Å². The fourth-order valence-corrected chi connectivity index (χ4v) is 7.55. The van der Waals surface area contributed by atoms with Crippen LogP contribution in [0, 0.1) is 37.0 Å². The fraction of sp³-hybridized carbons (Fsp3) is 0.682. The predicted octanol–water partition coefficient (Wildman–Crippen LogP) is 3.55. The molecule has 1 atom stereocenters. The van der Waals surface area contributed by atoms with Crippen LogP contribution in [0.3, 0.4) is 0 Å². The monoisotopic (exact) mass is 404 g/mol. The summed E-state index contributed by atoms with van der Waals surface area (Å²) >= 11 is 0. The van der Waals surface area contributed by atoms with Gasteiger partial charge in [-0.1, -0.05) is 0 Å². The number of sulfonamides is 1. The van der Waals surface area contributed by atoms with E-state index in [4.69, 9.17) is 0 Å². The van der Waals surface area contributed by atoms with Gasteiger partial charge in [-0.15, -0.1) is 0 Å². The van der Waals surface area contributed by atoms with Crippen LogP contribution in [-0.4, -0.2) is 27.4 Å². The number of benzene rings is 1. The Morgan fingerprint density at radius 3 is 2.11 bits per heavy atom. The molecule has 4 aliphatic carbocycles. The summed E-state index contributed by atoms with van der Waals surface area (Å²) in [5, 5.41) is 3.24. The maximum Gasteiger partial charge on any atom is 0.251 e. The van der Waals surface area contributed by atoms with Crippen molar-refractivity contribution in [3.63, 3.8) is 0 Å². The molecule has 28 heavy (non-hydrogen) atoms. The van der Waals surface area contributed by atoms with Crippen molar-refractivity contribution in [3.8, 4) is 0 Å². The first-order valence-electron chi connectivity index (χ1n) is 10.5. The van der Waals surface area contributed by atoms with Crippen LogP contribution in [0.2, 0.25) is 0 Å². The van der Waals surface area contributed by atoms with Crippen LogP contribution in [0.1, 0.15) is 66.9 Å².